The summed E-state index contributed by atoms with van der Waals surface area (Å²) in [5.41, 5.74) is 4.70. The maximum atomic E-state index is 13.9. The lowest BCUT2D eigenvalue weighted by molar-refractivity contribution is -0.138. The number of aromatic nitrogens is 2. The van der Waals surface area contributed by atoms with Crippen LogP contribution in [-0.2, 0) is 28.7 Å². The molecule has 12 nitrogen and oxygen atoms in total. The van der Waals surface area contributed by atoms with Crippen molar-refractivity contribution in [1.29, 1.82) is 0 Å². The van der Waals surface area contributed by atoms with Crippen LogP contribution >= 0.6 is 15.9 Å². The number of fused-ring (bicyclic) bond motifs is 1. The van der Waals surface area contributed by atoms with Crippen LogP contribution in [-0.4, -0.2) is 75.8 Å². The van der Waals surface area contributed by atoms with Gasteiger partial charge in [0, 0.05) is 47.2 Å². The monoisotopic (exact) mass is 806 g/mol. The third-order valence-electron chi connectivity index (χ3n) is 7.58. The largest absolute Gasteiger partial charge is 0.449 e. The van der Waals surface area contributed by atoms with E-state index < -0.39 is 41.2 Å². The smallest absolute Gasteiger partial charge is 0.417 e. The van der Waals surface area contributed by atoms with Gasteiger partial charge in [-0.15, -0.1) is 6.58 Å². The van der Waals surface area contributed by atoms with E-state index in [1.54, 1.807) is 13.0 Å². The summed E-state index contributed by atoms with van der Waals surface area (Å²) in [6, 6.07) is 8.53. The van der Waals surface area contributed by atoms with Crippen molar-refractivity contribution in [2.45, 2.75) is 72.6 Å². The molecule has 0 spiro atoms. The summed E-state index contributed by atoms with van der Waals surface area (Å²) in [4.78, 5) is 70.6. The molecule has 0 fully saturated rings. The molecular weight excluding hydrogens is 761 g/mol. The fraction of sp³-hybridized carbons (Fsp3) is 0.405. The van der Waals surface area contributed by atoms with Crippen LogP contribution in [0.15, 0.2) is 64.4 Å². The molecule has 288 valence electrons. The molecule has 1 atom stereocenters. The molecule has 1 aliphatic heterocycles. The standard InChI is InChI=1S/C32H32BrF3N6O6.C3H8.C2H6/c1-4-12-38-30-39-26-17-41(28(45)20-7-10-25(33)24(15-20)32(34,35)36)18(2)14-23(26)29(46)42(30)21-8-5-19(6-9-21)27(44)40(3)31(47)48-13-11-22(43)16-37;1-3-2;1-2/h4-10,15,18H,1,11-14,16-17,37H2,2-3H3,(H,38,39);3H2,1-2H3;1-2H3/t18-;;/m1../s1. The minimum atomic E-state index is -4.67. The molecule has 3 amide bonds. The van der Waals surface area contributed by atoms with E-state index in [1.165, 1.54) is 59.3 Å². The maximum Gasteiger partial charge on any atom is 0.417 e. The highest BCUT2D eigenvalue weighted by atomic mass is 79.9. The zero-order valence-corrected chi connectivity index (χ0v) is 32.3. The lowest BCUT2D eigenvalue weighted by atomic mass is 9.98. The first kappa shape index (κ1) is 44.3. The molecule has 2 heterocycles. The molecule has 0 bridgehead atoms. The van der Waals surface area contributed by atoms with Gasteiger partial charge < -0.3 is 20.7 Å². The summed E-state index contributed by atoms with van der Waals surface area (Å²) in [6.07, 6.45) is -2.83. The number of anilines is 1. The normalized spacial score (nSPS) is 13.3. The predicted octanol–water partition coefficient (Wildman–Crippen LogP) is 6.77. The van der Waals surface area contributed by atoms with Gasteiger partial charge in [-0.05, 0) is 55.8 Å². The van der Waals surface area contributed by atoms with Crippen molar-refractivity contribution < 1.29 is 37.1 Å². The third kappa shape index (κ3) is 11.3. The molecule has 3 aromatic rings. The number of hydrogen-bond donors (Lipinski definition) is 2. The Balaban J connectivity index is 0.00000185. The molecule has 0 radical (unpaired) electrons. The maximum absolute atomic E-state index is 13.9. The Morgan fingerprint density at radius 3 is 2.28 bits per heavy atom. The van der Waals surface area contributed by atoms with Crippen LogP contribution in [0.25, 0.3) is 5.69 Å². The minimum absolute atomic E-state index is 0.0775. The second kappa shape index (κ2) is 20.4. The fourth-order valence-corrected chi connectivity index (χ4v) is 5.45. The van der Waals surface area contributed by atoms with Gasteiger partial charge in [0.1, 0.15) is 12.4 Å². The fourth-order valence-electron chi connectivity index (χ4n) is 4.97. The second-order valence-corrected chi connectivity index (χ2v) is 12.4. The number of nitrogens with zero attached hydrogens (tertiary/aromatic N) is 4. The van der Waals surface area contributed by atoms with Crippen molar-refractivity contribution >= 4 is 45.6 Å². The molecule has 16 heteroatoms. The van der Waals surface area contributed by atoms with Crippen molar-refractivity contribution in [3.63, 3.8) is 0 Å². The first-order valence-corrected chi connectivity index (χ1v) is 17.8. The SMILES string of the molecule is C=CCNc1nc2c(c(=O)n1-c1ccc(C(=O)N(C)C(=O)OCCC(=O)CN)cc1)C[C@@H](C)N(C(=O)c1ccc(Br)c(C(F)(F)F)c1)C2.CC.CCC. The number of hydrogen-bond acceptors (Lipinski definition) is 9. The average molecular weight is 808 g/mol. The van der Waals surface area contributed by atoms with Crippen LogP contribution in [0.3, 0.4) is 0 Å². The van der Waals surface area contributed by atoms with E-state index in [0.717, 1.165) is 11.0 Å². The number of carbonyl (C=O) groups excluding carboxylic acids is 4. The number of Topliss-reactive ketones (excluding diaryl/α,β-unsaturated/α-hetero) is 1. The molecule has 0 aliphatic carbocycles. The van der Waals surface area contributed by atoms with Gasteiger partial charge in [0.15, 0.2) is 0 Å². The van der Waals surface area contributed by atoms with Gasteiger partial charge in [-0.2, -0.15) is 13.2 Å². The van der Waals surface area contributed by atoms with Crippen molar-refractivity contribution in [2.24, 2.45) is 5.73 Å². The molecule has 0 unspecified atom stereocenters. The third-order valence-corrected chi connectivity index (χ3v) is 8.27. The number of benzene rings is 2. The summed E-state index contributed by atoms with van der Waals surface area (Å²) in [5.74, 6) is -1.53. The molecule has 3 N–H and O–H groups in total. The van der Waals surface area contributed by atoms with E-state index >= 15 is 0 Å². The van der Waals surface area contributed by atoms with E-state index in [1.807, 2.05) is 13.8 Å². The molecule has 2 aromatic carbocycles. The summed E-state index contributed by atoms with van der Waals surface area (Å²) in [7, 11) is 1.22. The number of nitrogens with one attached hydrogen (secondary N) is 1. The Morgan fingerprint density at radius 1 is 1.11 bits per heavy atom. The van der Waals surface area contributed by atoms with E-state index in [9.17, 15) is 37.1 Å². The molecule has 1 aliphatic rings. The van der Waals surface area contributed by atoms with E-state index in [2.05, 4.69) is 46.7 Å². The van der Waals surface area contributed by atoms with E-state index in [0.29, 0.717) is 11.3 Å². The highest BCUT2D eigenvalue weighted by Gasteiger charge is 2.36. The summed E-state index contributed by atoms with van der Waals surface area (Å²) >= 11 is 2.89. The van der Waals surface area contributed by atoms with Crippen molar-refractivity contribution in [3.8, 4) is 5.69 Å². The summed E-state index contributed by atoms with van der Waals surface area (Å²) < 4.78 is 46.6. The number of carbonyl (C=O) groups is 4. The summed E-state index contributed by atoms with van der Waals surface area (Å²) in [5, 5.41) is 3.00. The molecule has 0 saturated heterocycles. The lowest BCUT2D eigenvalue weighted by Gasteiger charge is -2.34. The number of ether oxygens (including phenoxy) is 1. The highest BCUT2D eigenvalue weighted by molar-refractivity contribution is 9.10. The molecule has 1 aromatic heterocycles. The lowest BCUT2D eigenvalue weighted by Crippen LogP contribution is -2.46. The Kier molecular flexibility index (Phi) is 17.1. The minimum Gasteiger partial charge on any atom is -0.449 e. The van der Waals surface area contributed by atoms with Gasteiger partial charge in [-0.25, -0.2) is 19.2 Å². The Morgan fingerprint density at radius 2 is 1.72 bits per heavy atom. The van der Waals surface area contributed by atoms with Crippen LogP contribution in [0.4, 0.5) is 23.9 Å². The molecule has 0 saturated carbocycles. The zero-order chi connectivity index (χ0) is 40.0. The first-order chi connectivity index (χ1) is 25.1. The average Bonchev–Trinajstić information content (AvgIpc) is 3.14. The van der Waals surface area contributed by atoms with Crippen molar-refractivity contribution in [1.82, 2.24) is 19.4 Å². The molecule has 4 rings (SSSR count). The van der Waals surface area contributed by atoms with Crippen LogP contribution in [0, 0.1) is 0 Å². The van der Waals surface area contributed by atoms with Crippen molar-refractivity contribution in [2.75, 3.05) is 32.1 Å². The number of alkyl halides is 3. The molecular formula is C37H46BrF3N6O6. The van der Waals surface area contributed by atoms with Gasteiger partial charge >= 0.3 is 12.3 Å². The molecule has 53 heavy (non-hydrogen) atoms. The van der Waals surface area contributed by atoms with E-state index in [4.69, 9.17) is 10.5 Å². The van der Waals surface area contributed by atoms with Gasteiger partial charge in [0.25, 0.3) is 17.4 Å². The number of imide groups is 1. The van der Waals surface area contributed by atoms with E-state index in [-0.39, 0.29) is 72.1 Å². The Labute approximate surface area is 315 Å². The van der Waals surface area contributed by atoms with Gasteiger partial charge in [-0.1, -0.05) is 56.1 Å². The van der Waals surface area contributed by atoms with Gasteiger partial charge in [0.05, 0.1) is 30.0 Å². The van der Waals surface area contributed by atoms with Gasteiger partial charge in [-0.3, -0.25) is 19.2 Å². The van der Waals surface area contributed by atoms with Crippen LogP contribution in [0.1, 0.15) is 85.0 Å². The second-order valence-electron chi connectivity index (χ2n) is 11.6. The highest BCUT2D eigenvalue weighted by Crippen LogP contribution is 2.36. The Bertz CT molecular complexity index is 1830. The zero-order valence-electron chi connectivity index (χ0n) is 30.7. The topological polar surface area (TPSA) is 157 Å². The number of ketones is 1. The van der Waals surface area contributed by atoms with Crippen LogP contribution in [0.2, 0.25) is 0 Å². The van der Waals surface area contributed by atoms with Gasteiger partial charge in [0.2, 0.25) is 5.95 Å². The van der Waals surface area contributed by atoms with Crippen molar-refractivity contribution in [3.05, 3.63) is 97.9 Å². The number of rotatable bonds is 10. The first-order valence-electron chi connectivity index (χ1n) is 17.0. The van der Waals surface area contributed by atoms with Crippen LogP contribution in [0.5, 0.6) is 0 Å². The van der Waals surface area contributed by atoms with Crippen LogP contribution < -0.4 is 16.6 Å². The number of amides is 3. The number of halogens is 4. The quantitative estimate of drug-likeness (QED) is 0.211. The number of nitrogens with two attached hydrogens (primary N) is 1. The summed E-state index contributed by atoms with van der Waals surface area (Å²) in [6.45, 7) is 13.3. The predicted molar refractivity (Wildman–Crippen MR) is 200 cm³/mol. The Hall–Kier alpha value is -4.83.